The molecule has 1 heterocycles. The van der Waals surface area contributed by atoms with Gasteiger partial charge < -0.3 is 4.74 Å². The molecule has 0 radical (unpaired) electrons. The van der Waals surface area contributed by atoms with Crippen LogP contribution >= 0.6 is 34.5 Å². The summed E-state index contributed by atoms with van der Waals surface area (Å²) in [5.74, 6) is 0. The number of hydrogen-bond acceptors (Lipinski definition) is 3. The van der Waals surface area contributed by atoms with Crippen LogP contribution in [0, 0.1) is 0 Å². The lowest BCUT2D eigenvalue weighted by molar-refractivity contribution is 0.187. The highest BCUT2D eigenvalue weighted by molar-refractivity contribution is 7.13. The number of anilines is 1. The zero-order valence-electron chi connectivity index (χ0n) is 9.37. The molecule has 1 aromatic carbocycles. The molecule has 0 saturated heterocycles. The summed E-state index contributed by atoms with van der Waals surface area (Å²) < 4.78 is 4.50. The molecule has 1 N–H and O–H groups in total. The third kappa shape index (κ3) is 2.77. The second-order valence-electron chi connectivity index (χ2n) is 3.41. The Balaban J connectivity index is 2.38. The zero-order chi connectivity index (χ0) is 13.1. The Bertz CT molecular complexity index is 546. The van der Waals surface area contributed by atoms with Gasteiger partial charge in [-0.1, -0.05) is 29.3 Å². The first-order chi connectivity index (χ1) is 8.61. The number of hydrogen-bond donors (Lipinski definition) is 1. The summed E-state index contributed by atoms with van der Waals surface area (Å²) in [7, 11) is 1.29. The van der Waals surface area contributed by atoms with Crippen molar-refractivity contribution in [3.8, 4) is 10.4 Å². The van der Waals surface area contributed by atoms with E-state index in [1.165, 1.54) is 7.11 Å². The molecule has 18 heavy (non-hydrogen) atoms. The lowest BCUT2D eigenvalue weighted by Gasteiger charge is -2.09. The number of amides is 1. The number of thiophene rings is 1. The quantitative estimate of drug-likeness (QED) is 0.856. The van der Waals surface area contributed by atoms with E-state index < -0.39 is 6.09 Å². The highest BCUT2D eigenvalue weighted by atomic mass is 35.5. The molecule has 3 nitrogen and oxygen atoms in total. The molecule has 0 spiro atoms. The van der Waals surface area contributed by atoms with E-state index >= 15 is 0 Å². The molecule has 2 aromatic rings. The van der Waals surface area contributed by atoms with E-state index in [9.17, 15) is 4.79 Å². The minimum Gasteiger partial charge on any atom is -0.453 e. The van der Waals surface area contributed by atoms with Crippen LogP contribution in [0.5, 0.6) is 0 Å². The number of carbonyl (C=O) groups is 1. The summed E-state index contributed by atoms with van der Waals surface area (Å²) in [6, 6.07) is 7.14. The molecule has 1 amide bonds. The number of ether oxygens (including phenoxy) is 1. The van der Waals surface area contributed by atoms with Crippen LogP contribution < -0.4 is 5.32 Å². The molecular weight excluding hydrogens is 293 g/mol. The number of rotatable bonds is 2. The number of carbonyl (C=O) groups excluding carboxylic acids is 1. The average Bonchev–Trinajstić information content (AvgIpc) is 2.81. The topological polar surface area (TPSA) is 38.3 Å². The van der Waals surface area contributed by atoms with Gasteiger partial charge in [-0.15, -0.1) is 11.3 Å². The van der Waals surface area contributed by atoms with Gasteiger partial charge in [-0.05, 0) is 23.6 Å². The monoisotopic (exact) mass is 301 g/mol. The van der Waals surface area contributed by atoms with Crippen molar-refractivity contribution >= 4 is 46.3 Å². The van der Waals surface area contributed by atoms with E-state index in [0.717, 1.165) is 10.4 Å². The summed E-state index contributed by atoms with van der Waals surface area (Å²) in [6.07, 6.45) is -0.564. The van der Waals surface area contributed by atoms with Gasteiger partial charge >= 0.3 is 6.09 Å². The zero-order valence-corrected chi connectivity index (χ0v) is 11.7. The van der Waals surface area contributed by atoms with Crippen molar-refractivity contribution in [3.05, 3.63) is 39.7 Å². The van der Waals surface area contributed by atoms with Crippen LogP contribution in [0.3, 0.4) is 0 Å². The van der Waals surface area contributed by atoms with Gasteiger partial charge in [0.05, 0.1) is 17.2 Å². The van der Waals surface area contributed by atoms with Crippen molar-refractivity contribution in [2.24, 2.45) is 0 Å². The number of halogens is 2. The van der Waals surface area contributed by atoms with E-state index in [0.29, 0.717) is 15.7 Å². The normalized spacial score (nSPS) is 10.2. The molecule has 0 aliphatic rings. The lowest BCUT2D eigenvalue weighted by atomic mass is 10.1. The van der Waals surface area contributed by atoms with Crippen molar-refractivity contribution in [1.29, 1.82) is 0 Å². The first-order valence-corrected chi connectivity index (χ1v) is 6.63. The van der Waals surface area contributed by atoms with Gasteiger partial charge in [0, 0.05) is 16.1 Å². The SMILES string of the molecule is COC(=O)Nc1cc(Cl)c(-c2cccs2)c(Cl)c1. The first kappa shape index (κ1) is 13.2. The standard InChI is InChI=1S/C12H9Cl2NO2S/c1-17-12(16)15-7-5-8(13)11(9(14)6-7)10-3-2-4-18-10/h2-6H,1H3,(H,15,16). The molecule has 1 aromatic heterocycles. The van der Waals surface area contributed by atoms with Crippen molar-refractivity contribution in [2.45, 2.75) is 0 Å². The number of benzene rings is 1. The summed E-state index contributed by atoms with van der Waals surface area (Å²) in [5, 5.41) is 5.43. The van der Waals surface area contributed by atoms with E-state index in [2.05, 4.69) is 10.1 Å². The molecule has 0 atom stereocenters. The summed E-state index contributed by atoms with van der Waals surface area (Å²) >= 11 is 13.9. The Kier molecular flexibility index (Phi) is 4.11. The minimum absolute atomic E-state index is 0.483. The van der Waals surface area contributed by atoms with Crippen LogP contribution in [-0.4, -0.2) is 13.2 Å². The number of methoxy groups -OCH3 is 1. The van der Waals surface area contributed by atoms with Crippen molar-refractivity contribution < 1.29 is 9.53 Å². The predicted molar refractivity (Wildman–Crippen MR) is 75.8 cm³/mol. The van der Waals surface area contributed by atoms with E-state index in [4.69, 9.17) is 23.2 Å². The maximum absolute atomic E-state index is 11.1. The first-order valence-electron chi connectivity index (χ1n) is 4.99. The van der Waals surface area contributed by atoms with E-state index in [1.54, 1.807) is 23.5 Å². The Morgan fingerprint density at radius 2 is 2.00 bits per heavy atom. The van der Waals surface area contributed by atoms with Gasteiger partial charge in [0.2, 0.25) is 0 Å². The van der Waals surface area contributed by atoms with Crippen LogP contribution in [0.4, 0.5) is 10.5 Å². The van der Waals surface area contributed by atoms with Gasteiger partial charge in [0.25, 0.3) is 0 Å². The molecule has 2 rings (SSSR count). The third-order valence-corrected chi connectivity index (χ3v) is 3.73. The van der Waals surface area contributed by atoms with E-state index in [1.807, 2.05) is 17.5 Å². The molecule has 6 heteroatoms. The van der Waals surface area contributed by atoms with Crippen LogP contribution in [0.15, 0.2) is 29.6 Å². The van der Waals surface area contributed by atoms with Crippen molar-refractivity contribution in [2.75, 3.05) is 12.4 Å². The van der Waals surface area contributed by atoms with Crippen molar-refractivity contribution in [1.82, 2.24) is 0 Å². The largest absolute Gasteiger partial charge is 0.453 e. The summed E-state index contributed by atoms with van der Waals surface area (Å²) in [5.41, 5.74) is 1.26. The average molecular weight is 302 g/mol. The van der Waals surface area contributed by atoms with Gasteiger partial charge in [-0.2, -0.15) is 0 Å². The fourth-order valence-electron chi connectivity index (χ4n) is 1.47. The number of nitrogens with one attached hydrogen (secondary N) is 1. The third-order valence-electron chi connectivity index (χ3n) is 2.24. The second kappa shape index (κ2) is 5.61. The molecule has 0 aliphatic heterocycles. The minimum atomic E-state index is -0.564. The Labute approximate surface area is 118 Å². The Morgan fingerprint density at radius 3 is 2.50 bits per heavy atom. The molecule has 0 unspecified atom stereocenters. The van der Waals surface area contributed by atoms with Crippen LogP contribution in [0.25, 0.3) is 10.4 Å². The van der Waals surface area contributed by atoms with Crippen LogP contribution in [0.1, 0.15) is 0 Å². The van der Waals surface area contributed by atoms with Gasteiger partial charge in [0.15, 0.2) is 0 Å². The fraction of sp³-hybridized carbons (Fsp3) is 0.0833. The summed E-state index contributed by atoms with van der Waals surface area (Å²) in [4.78, 5) is 12.1. The van der Waals surface area contributed by atoms with Gasteiger partial charge in [0.1, 0.15) is 0 Å². The highest BCUT2D eigenvalue weighted by Crippen LogP contribution is 2.39. The maximum Gasteiger partial charge on any atom is 0.411 e. The molecule has 0 saturated carbocycles. The molecule has 0 fully saturated rings. The second-order valence-corrected chi connectivity index (χ2v) is 5.17. The predicted octanol–water partition coefficient (Wildman–Crippen LogP) is 4.90. The maximum atomic E-state index is 11.1. The Morgan fingerprint density at radius 1 is 1.33 bits per heavy atom. The van der Waals surface area contributed by atoms with Crippen LogP contribution in [0.2, 0.25) is 10.0 Å². The van der Waals surface area contributed by atoms with Gasteiger partial charge in [-0.25, -0.2) is 4.79 Å². The highest BCUT2D eigenvalue weighted by Gasteiger charge is 2.12. The molecule has 94 valence electrons. The summed E-state index contributed by atoms with van der Waals surface area (Å²) in [6.45, 7) is 0. The van der Waals surface area contributed by atoms with E-state index in [-0.39, 0.29) is 0 Å². The van der Waals surface area contributed by atoms with Crippen LogP contribution in [-0.2, 0) is 4.74 Å². The fourth-order valence-corrected chi connectivity index (χ4v) is 3.07. The molecule has 0 bridgehead atoms. The van der Waals surface area contributed by atoms with Crippen molar-refractivity contribution in [3.63, 3.8) is 0 Å². The smallest absolute Gasteiger partial charge is 0.411 e. The Hall–Kier alpha value is -1.23. The molecule has 0 aliphatic carbocycles. The van der Waals surface area contributed by atoms with Gasteiger partial charge in [-0.3, -0.25) is 5.32 Å². The lowest BCUT2D eigenvalue weighted by Crippen LogP contribution is -2.10. The molecular formula is C12H9Cl2NO2S.